The minimum absolute atomic E-state index is 0.174. The van der Waals surface area contributed by atoms with Crippen LogP contribution in [0.4, 0.5) is 0 Å². The van der Waals surface area contributed by atoms with Crippen molar-refractivity contribution in [1.82, 2.24) is 5.32 Å². The lowest BCUT2D eigenvalue weighted by atomic mass is 10.2. The number of rotatable bonds is 2. The maximum Gasteiger partial charge on any atom is 0.275 e. The molecule has 1 aliphatic heterocycles. The highest BCUT2D eigenvalue weighted by Crippen LogP contribution is 2.17. The molecule has 1 N–H and O–H groups in total. The predicted octanol–water partition coefficient (Wildman–Crippen LogP) is 3.37. The Labute approximate surface area is 125 Å². The summed E-state index contributed by atoms with van der Waals surface area (Å²) in [6, 6.07) is 17.3. The third-order valence-corrected chi connectivity index (χ3v) is 3.45. The zero-order chi connectivity index (χ0) is 13.9. The first-order valence-corrected chi connectivity index (χ1v) is 6.94. The van der Waals surface area contributed by atoms with Crippen LogP contribution in [-0.4, -0.2) is 11.7 Å². The van der Waals surface area contributed by atoms with Gasteiger partial charge in [0.05, 0.1) is 0 Å². The fourth-order valence-corrected chi connectivity index (χ4v) is 2.18. The van der Waals surface area contributed by atoms with Gasteiger partial charge in [-0.05, 0) is 23.8 Å². The summed E-state index contributed by atoms with van der Waals surface area (Å²) in [5, 5.41) is 2.79. The van der Waals surface area contributed by atoms with Gasteiger partial charge in [-0.3, -0.25) is 4.79 Å². The molecule has 1 amide bonds. The highest BCUT2D eigenvalue weighted by molar-refractivity contribution is 9.10. The molecule has 0 atom stereocenters. The Balaban J connectivity index is 1.92. The van der Waals surface area contributed by atoms with Crippen LogP contribution in [0.1, 0.15) is 11.1 Å². The van der Waals surface area contributed by atoms with Crippen LogP contribution in [0.2, 0.25) is 0 Å². The molecule has 3 nitrogen and oxygen atoms in total. The molecule has 2 aromatic rings. The fraction of sp³-hybridized carbons (Fsp3) is 0. The lowest BCUT2D eigenvalue weighted by Gasteiger charge is -1.98. The standard InChI is InChI=1S/C16H11BrN2O/c17-13-8-6-11(7-9-13)10-14-16(20)19-15(18-14)12-4-2-1-3-5-12/h1-10H,(H,18,19,20). The van der Waals surface area contributed by atoms with E-state index < -0.39 is 0 Å². The molecule has 0 radical (unpaired) electrons. The molecule has 0 saturated heterocycles. The van der Waals surface area contributed by atoms with Crippen molar-refractivity contribution in [3.63, 3.8) is 0 Å². The fourth-order valence-electron chi connectivity index (χ4n) is 1.92. The molecule has 0 bridgehead atoms. The molecule has 3 rings (SSSR count). The first kappa shape index (κ1) is 12.8. The van der Waals surface area contributed by atoms with Crippen molar-refractivity contribution in [2.75, 3.05) is 0 Å². The normalized spacial score (nSPS) is 16.1. The molecule has 98 valence electrons. The first-order valence-electron chi connectivity index (χ1n) is 6.15. The van der Waals surface area contributed by atoms with Gasteiger partial charge in [-0.1, -0.05) is 58.4 Å². The summed E-state index contributed by atoms with van der Waals surface area (Å²) in [5.74, 6) is 0.422. The Bertz CT molecular complexity index is 703. The van der Waals surface area contributed by atoms with Gasteiger partial charge in [0.2, 0.25) is 0 Å². The highest BCUT2D eigenvalue weighted by atomic mass is 79.9. The third-order valence-electron chi connectivity index (χ3n) is 2.92. The minimum Gasteiger partial charge on any atom is -0.305 e. The largest absolute Gasteiger partial charge is 0.305 e. The Morgan fingerprint density at radius 3 is 2.40 bits per heavy atom. The summed E-state index contributed by atoms with van der Waals surface area (Å²) in [6.07, 6.45) is 1.78. The number of benzene rings is 2. The van der Waals surface area contributed by atoms with Gasteiger partial charge in [-0.15, -0.1) is 0 Å². The van der Waals surface area contributed by atoms with Gasteiger partial charge in [-0.25, -0.2) is 4.99 Å². The molecule has 0 fully saturated rings. The molecule has 2 aromatic carbocycles. The topological polar surface area (TPSA) is 41.5 Å². The predicted molar refractivity (Wildman–Crippen MR) is 83.2 cm³/mol. The number of nitrogens with one attached hydrogen (secondary N) is 1. The molecule has 0 saturated carbocycles. The van der Waals surface area contributed by atoms with Crippen molar-refractivity contribution in [1.29, 1.82) is 0 Å². The molecular weight excluding hydrogens is 316 g/mol. The summed E-state index contributed by atoms with van der Waals surface area (Å²) in [5.41, 5.74) is 2.27. The lowest BCUT2D eigenvalue weighted by molar-refractivity contribution is -0.115. The van der Waals surface area contributed by atoms with E-state index in [2.05, 4.69) is 26.2 Å². The molecule has 20 heavy (non-hydrogen) atoms. The number of hydrogen-bond acceptors (Lipinski definition) is 2. The maximum atomic E-state index is 11.9. The zero-order valence-corrected chi connectivity index (χ0v) is 12.1. The molecule has 0 unspecified atom stereocenters. The summed E-state index contributed by atoms with van der Waals surface area (Å²) < 4.78 is 1.00. The summed E-state index contributed by atoms with van der Waals surface area (Å²) in [7, 11) is 0. The van der Waals surface area contributed by atoms with Crippen molar-refractivity contribution in [3.8, 4) is 0 Å². The van der Waals surface area contributed by atoms with Gasteiger partial charge >= 0.3 is 0 Å². The summed E-state index contributed by atoms with van der Waals surface area (Å²) in [6.45, 7) is 0. The van der Waals surface area contributed by atoms with Crippen LogP contribution in [0, 0.1) is 0 Å². The number of carbonyl (C=O) groups excluding carboxylic acids is 1. The van der Waals surface area contributed by atoms with Crippen molar-refractivity contribution in [3.05, 3.63) is 75.9 Å². The van der Waals surface area contributed by atoms with E-state index in [4.69, 9.17) is 0 Å². The molecular formula is C16H11BrN2O. The van der Waals surface area contributed by atoms with Gasteiger partial charge in [0.1, 0.15) is 11.5 Å². The average Bonchev–Trinajstić information content (AvgIpc) is 2.84. The van der Waals surface area contributed by atoms with Gasteiger partial charge in [-0.2, -0.15) is 0 Å². The van der Waals surface area contributed by atoms with Crippen molar-refractivity contribution in [2.24, 2.45) is 4.99 Å². The number of halogens is 1. The van der Waals surface area contributed by atoms with Crippen LogP contribution < -0.4 is 5.32 Å². The van der Waals surface area contributed by atoms with Crippen molar-refractivity contribution in [2.45, 2.75) is 0 Å². The first-order chi connectivity index (χ1) is 9.72. The minimum atomic E-state index is -0.174. The van der Waals surface area contributed by atoms with Crippen LogP contribution in [0.15, 0.2) is 69.8 Å². The number of nitrogens with zero attached hydrogens (tertiary/aromatic N) is 1. The number of hydrogen-bond donors (Lipinski definition) is 1. The monoisotopic (exact) mass is 326 g/mol. The van der Waals surface area contributed by atoms with Gasteiger partial charge < -0.3 is 5.32 Å². The SMILES string of the molecule is O=C1NC(c2ccccc2)=NC1=Cc1ccc(Br)cc1. The number of amides is 1. The van der Waals surface area contributed by atoms with Crippen LogP contribution in [-0.2, 0) is 4.79 Å². The second kappa shape index (κ2) is 5.43. The Kier molecular flexibility index (Phi) is 3.48. The van der Waals surface area contributed by atoms with E-state index in [1.54, 1.807) is 6.08 Å². The van der Waals surface area contributed by atoms with Crippen LogP contribution >= 0.6 is 15.9 Å². The Morgan fingerprint density at radius 1 is 1.00 bits per heavy atom. The van der Waals surface area contributed by atoms with Crippen LogP contribution in [0.25, 0.3) is 6.08 Å². The molecule has 0 aromatic heterocycles. The third kappa shape index (κ3) is 2.70. The van der Waals surface area contributed by atoms with E-state index >= 15 is 0 Å². The second-order valence-corrected chi connectivity index (χ2v) is 5.28. The highest BCUT2D eigenvalue weighted by Gasteiger charge is 2.20. The van der Waals surface area contributed by atoms with Gasteiger partial charge in [0.25, 0.3) is 5.91 Å². The number of amidine groups is 1. The lowest BCUT2D eigenvalue weighted by Crippen LogP contribution is -2.24. The van der Waals surface area contributed by atoms with E-state index in [1.807, 2.05) is 54.6 Å². The summed E-state index contributed by atoms with van der Waals surface area (Å²) >= 11 is 3.38. The molecule has 0 aliphatic carbocycles. The summed E-state index contributed by atoms with van der Waals surface area (Å²) in [4.78, 5) is 16.3. The maximum absolute atomic E-state index is 11.9. The molecule has 0 spiro atoms. The molecule has 1 aliphatic rings. The van der Waals surface area contributed by atoms with E-state index in [-0.39, 0.29) is 5.91 Å². The Morgan fingerprint density at radius 2 is 1.70 bits per heavy atom. The molecule has 4 heteroatoms. The molecule has 1 heterocycles. The van der Waals surface area contributed by atoms with E-state index in [1.165, 1.54) is 0 Å². The second-order valence-electron chi connectivity index (χ2n) is 4.36. The quantitative estimate of drug-likeness (QED) is 0.844. The zero-order valence-electron chi connectivity index (χ0n) is 10.5. The van der Waals surface area contributed by atoms with Gasteiger partial charge in [0, 0.05) is 10.0 Å². The van der Waals surface area contributed by atoms with Gasteiger partial charge in [0.15, 0.2) is 0 Å². The van der Waals surface area contributed by atoms with E-state index in [9.17, 15) is 4.79 Å². The smallest absolute Gasteiger partial charge is 0.275 e. The van der Waals surface area contributed by atoms with Crippen LogP contribution in [0.3, 0.4) is 0 Å². The average molecular weight is 327 g/mol. The number of aliphatic imine (C=N–C) groups is 1. The van der Waals surface area contributed by atoms with E-state index in [0.29, 0.717) is 11.5 Å². The van der Waals surface area contributed by atoms with Crippen molar-refractivity contribution < 1.29 is 4.79 Å². The number of carbonyl (C=O) groups is 1. The van der Waals surface area contributed by atoms with Crippen LogP contribution in [0.5, 0.6) is 0 Å². The van der Waals surface area contributed by atoms with Crippen molar-refractivity contribution >= 4 is 33.7 Å². The Hall–Kier alpha value is -2.20. The van der Waals surface area contributed by atoms with E-state index in [0.717, 1.165) is 15.6 Å².